The molecule has 1 heterocycles. The van der Waals surface area contributed by atoms with Crippen molar-refractivity contribution in [3.8, 4) is 0 Å². The van der Waals surface area contributed by atoms with Gasteiger partial charge in [-0.2, -0.15) is 0 Å². The number of alkyl halides is 1. The number of carbonyl (C=O) groups is 3. The zero-order valence-corrected chi connectivity index (χ0v) is 33.6. The molecule has 304 valence electrons. The SMILES string of the molecule is CCCCCCCC/C=C\CCCCCCCC(=O)OCC(COC(=O)CCCCCCCCCCCCCCC)OC(=O)NC1CN(CCF)C1. The molecule has 0 saturated carbocycles. The Labute approximate surface area is 318 Å². The van der Waals surface area contributed by atoms with Crippen molar-refractivity contribution in [3.05, 3.63) is 12.2 Å². The Kier molecular flexibility index (Phi) is 33.0. The van der Waals surface area contributed by atoms with Gasteiger partial charge in [-0.3, -0.25) is 14.5 Å². The van der Waals surface area contributed by atoms with Gasteiger partial charge in [0.15, 0.2) is 6.10 Å². The van der Waals surface area contributed by atoms with Crippen LogP contribution in [0.4, 0.5) is 9.18 Å². The van der Waals surface area contributed by atoms with Gasteiger partial charge in [0.05, 0.1) is 6.04 Å². The predicted octanol–water partition coefficient (Wildman–Crippen LogP) is 11.3. The van der Waals surface area contributed by atoms with Crippen LogP contribution in [-0.2, 0) is 23.8 Å². The lowest BCUT2D eigenvalue weighted by Gasteiger charge is -2.38. The molecule has 8 nitrogen and oxygen atoms in total. The number of rotatable bonds is 37. The second kappa shape index (κ2) is 35.8. The van der Waals surface area contributed by atoms with Gasteiger partial charge in [-0.1, -0.05) is 154 Å². The van der Waals surface area contributed by atoms with E-state index >= 15 is 0 Å². The third-order valence-corrected chi connectivity index (χ3v) is 9.94. The Hall–Kier alpha value is -2.16. The molecule has 1 saturated heterocycles. The third-order valence-electron chi connectivity index (χ3n) is 9.94. The lowest BCUT2D eigenvalue weighted by molar-refractivity contribution is -0.152. The van der Waals surface area contributed by atoms with Crippen LogP contribution >= 0.6 is 0 Å². The number of allylic oxidation sites excluding steroid dienone is 2. The van der Waals surface area contributed by atoms with E-state index in [1.807, 2.05) is 4.90 Å². The Bertz CT molecular complexity index is 882. The Morgan fingerprint density at radius 2 is 1.00 bits per heavy atom. The van der Waals surface area contributed by atoms with E-state index in [0.29, 0.717) is 32.5 Å². The largest absolute Gasteiger partial charge is 0.462 e. The highest BCUT2D eigenvalue weighted by Crippen LogP contribution is 2.14. The number of likely N-dealkylation sites (tertiary alicyclic amines) is 1. The molecule has 0 spiro atoms. The summed E-state index contributed by atoms with van der Waals surface area (Å²) in [6, 6.07) is -0.124. The van der Waals surface area contributed by atoms with Crippen LogP contribution in [0.3, 0.4) is 0 Å². The van der Waals surface area contributed by atoms with Crippen molar-refractivity contribution in [1.82, 2.24) is 10.2 Å². The van der Waals surface area contributed by atoms with Crippen LogP contribution in [-0.4, -0.2) is 74.6 Å². The molecule has 1 amide bonds. The first-order valence-electron chi connectivity index (χ1n) is 21.7. The number of nitrogens with zero attached hydrogens (tertiary/aromatic N) is 1. The fourth-order valence-corrected chi connectivity index (χ4v) is 6.57. The van der Waals surface area contributed by atoms with Crippen molar-refractivity contribution in [3.63, 3.8) is 0 Å². The molecule has 1 aliphatic rings. The molecule has 0 aromatic carbocycles. The summed E-state index contributed by atoms with van der Waals surface area (Å²) < 4.78 is 28.9. The maximum Gasteiger partial charge on any atom is 0.407 e. The molecule has 0 aromatic heterocycles. The molecule has 1 aliphatic heterocycles. The highest BCUT2D eigenvalue weighted by molar-refractivity contribution is 5.70. The zero-order chi connectivity index (χ0) is 37.7. The highest BCUT2D eigenvalue weighted by Gasteiger charge is 2.29. The summed E-state index contributed by atoms with van der Waals surface area (Å²) in [6.45, 7) is 5.21. The van der Waals surface area contributed by atoms with Gasteiger partial charge in [0.2, 0.25) is 0 Å². The van der Waals surface area contributed by atoms with Crippen LogP contribution in [0.2, 0.25) is 0 Å². The fourth-order valence-electron chi connectivity index (χ4n) is 6.57. The second-order valence-corrected chi connectivity index (χ2v) is 15.0. The lowest BCUT2D eigenvalue weighted by Crippen LogP contribution is -2.60. The Balaban J connectivity index is 2.22. The van der Waals surface area contributed by atoms with Crippen molar-refractivity contribution in [2.75, 3.05) is 39.5 Å². The molecule has 0 aromatic rings. The standard InChI is InChI=1S/C43H79FN2O6/c1-3-5-7-9-11-13-15-17-18-20-22-24-26-28-30-32-42(48)51-38-40(52-43(49)45-39-35-46(36-39)34-33-44)37-50-41(47)31-29-27-25-23-21-19-16-14-12-10-8-6-4-2/h17-18,39-40H,3-16,19-38H2,1-2H3,(H,45,49)/b18-17-. The van der Waals surface area contributed by atoms with Gasteiger partial charge in [0, 0.05) is 32.5 Å². The second-order valence-electron chi connectivity index (χ2n) is 15.0. The molecule has 0 bridgehead atoms. The molecule has 1 rings (SSSR count). The molecule has 0 radical (unpaired) electrons. The van der Waals surface area contributed by atoms with Gasteiger partial charge in [-0.25, -0.2) is 9.18 Å². The molecule has 9 heteroatoms. The van der Waals surface area contributed by atoms with Gasteiger partial charge in [0.25, 0.3) is 0 Å². The minimum Gasteiger partial charge on any atom is -0.462 e. The number of hydrogen-bond donors (Lipinski definition) is 1. The monoisotopic (exact) mass is 739 g/mol. The summed E-state index contributed by atoms with van der Waals surface area (Å²) in [7, 11) is 0. The molecule has 1 atom stereocenters. The Morgan fingerprint density at radius 1 is 0.615 bits per heavy atom. The third kappa shape index (κ3) is 30.3. The van der Waals surface area contributed by atoms with Crippen molar-refractivity contribution in [2.45, 2.75) is 206 Å². The number of ether oxygens (including phenoxy) is 3. The van der Waals surface area contributed by atoms with Crippen molar-refractivity contribution in [2.24, 2.45) is 0 Å². The minimum absolute atomic E-state index is 0.124. The number of carbonyl (C=O) groups excluding carboxylic acids is 3. The smallest absolute Gasteiger partial charge is 0.407 e. The van der Waals surface area contributed by atoms with Crippen LogP contribution < -0.4 is 5.32 Å². The van der Waals surface area contributed by atoms with Gasteiger partial charge in [-0.15, -0.1) is 0 Å². The number of halogens is 1. The van der Waals surface area contributed by atoms with Crippen molar-refractivity contribution >= 4 is 18.0 Å². The van der Waals surface area contributed by atoms with Gasteiger partial charge in [-0.05, 0) is 38.5 Å². The van der Waals surface area contributed by atoms with Crippen LogP contribution in [0.15, 0.2) is 12.2 Å². The van der Waals surface area contributed by atoms with E-state index in [1.54, 1.807) is 0 Å². The molecule has 1 fully saturated rings. The minimum atomic E-state index is -0.893. The van der Waals surface area contributed by atoms with Crippen LogP contribution in [0.5, 0.6) is 0 Å². The topological polar surface area (TPSA) is 94.2 Å². The quantitative estimate of drug-likeness (QED) is 0.0293. The van der Waals surface area contributed by atoms with E-state index in [4.69, 9.17) is 14.2 Å². The van der Waals surface area contributed by atoms with E-state index in [1.165, 1.54) is 116 Å². The van der Waals surface area contributed by atoms with Crippen LogP contribution in [0, 0.1) is 0 Å². The van der Waals surface area contributed by atoms with E-state index in [2.05, 4.69) is 31.3 Å². The maximum absolute atomic E-state index is 12.5. The van der Waals surface area contributed by atoms with Gasteiger partial charge < -0.3 is 19.5 Å². The van der Waals surface area contributed by atoms with Gasteiger partial charge >= 0.3 is 18.0 Å². The summed E-state index contributed by atoms with van der Waals surface area (Å²) in [6.07, 6.45) is 35.2. The number of nitrogens with one attached hydrogen (secondary N) is 1. The average molecular weight is 739 g/mol. The fraction of sp³-hybridized carbons (Fsp3) is 0.884. The first kappa shape index (κ1) is 47.9. The number of unbranched alkanes of at least 4 members (excludes halogenated alkanes) is 23. The lowest BCUT2D eigenvalue weighted by atomic mass is 10.0. The predicted molar refractivity (Wildman–Crippen MR) is 211 cm³/mol. The number of hydrogen-bond acceptors (Lipinski definition) is 7. The molecular weight excluding hydrogens is 659 g/mol. The number of amides is 1. The summed E-state index contributed by atoms with van der Waals surface area (Å²) in [4.78, 5) is 39.3. The number of alkyl carbamates (subject to hydrolysis) is 1. The van der Waals surface area contributed by atoms with E-state index in [0.717, 1.165) is 51.4 Å². The average Bonchev–Trinajstić information content (AvgIpc) is 3.12. The summed E-state index contributed by atoms with van der Waals surface area (Å²) in [5.74, 6) is -0.677. The van der Waals surface area contributed by atoms with E-state index in [9.17, 15) is 18.8 Å². The van der Waals surface area contributed by atoms with Crippen LogP contribution in [0.25, 0.3) is 0 Å². The van der Waals surface area contributed by atoms with Crippen molar-refractivity contribution in [1.29, 1.82) is 0 Å². The van der Waals surface area contributed by atoms with E-state index in [-0.39, 0.29) is 31.2 Å². The van der Waals surface area contributed by atoms with Crippen molar-refractivity contribution < 1.29 is 33.0 Å². The molecular formula is C43H79FN2O6. The summed E-state index contributed by atoms with van der Waals surface area (Å²) in [5, 5.41) is 2.76. The number of esters is 2. The molecule has 52 heavy (non-hydrogen) atoms. The van der Waals surface area contributed by atoms with E-state index < -0.39 is 18.9 Å². The first-order valence-corrected chi connectivity index (χ1v) is 21.7. The normalized spacial score (nSPS) is 14.0. The van der Waals surface area contributed by atoms with Crippen LogP contribution in [0.1, 0.15) is 194 Å². The Morgan fingerprint density at radius 3 is 1.40 bits per heavy atom. The first-order chi connectivity index (χ1) is 25.5. The summed E-state index contributed by atoms with van der Waals surface area (Å²) in [5.41, 5.74) is 0. The molecule has 1 N–H and O–H groups in total. The highest BCUT2D eigenvalue weighted by atomic mass is 19.1. The zero-order valence-electron chi connectivity index (χ0n) is 33.6. The summed E-state index contributed by atoms with van der Waals surface area (Å²) >= 11 is 0. The molecule has 0 aliphatic carbocycles. The van der Waals surface area contributed by atoms with Gasteiger partial charge in [0.1, 0.15) is 19.9 Å². The molecule has 1 unspecified atom stereocenters. The maximum atomic E-state index is 12.5.